The molecule has 0 aliphatic carbocycles. The van der Waals surface area contributed by atoms with Crippen molar-refractivity contribution in [3.63, 3.8) is 0 Å². The Labute approximate surface area is 118 Å². The number of aromatic carboxylic acids is 1. The van der Waals surface area contributed by atoms with Crippen LogP contribution in [0.2, 0.25) is 0 Å². The van der Waals surface area contributed by atoms with E-state index in [1.807, 2.05) is 0 Å². The van der Waals surface area contributed by atoms with Crippen molar-refractivity contribution >= 4 is 17.5 Å². The summed E-state index contributed by atoms with van der Waals surface area (Å²) in [5.41, 5.74) is 0.657. The average molecular weight is 285 g/mol. The Kier molecular flexibility index (Phi) is 2.90. The lowest BCUT2D eigenvalue weighted by molar-refractivity contribution is 0.0689. The molecule has 106 valence electrons. The number of hydrogen-bond acceptors (Lipinski definition) is 4. The summed E-state index contributed by atoms with van der Waals surface area (Å²) in [5, 5.41) is 15.9. The minimum atomic E-state index is -1.12. The lowest BCUT2D eigenvalue weighted by Crippen LogP contribution is -2.18. The summed E-state index contributed by atoms with van der Waals surface area (Å²) < 4.78 is 2.74. The van der Waals surface area contributed by atoms with Gasteiger partial charge in [0.25, 0.3) is 5.91 Å². The molecule has 0 unspecified atom stereocenters. The predicted octanol–water partition coefficient (Wildman–Crippen LogP) is 0.578. The molecule has 0 saturated heterocycles. The normalized spacial score (nSPS) is 10.7. The third kappa shape index (κ3) is 2.02. The van der Waals surface area contributed by atoms with Crippen molar-refractivity contribution in [1.82, 2.24) is 24.5 Å². The highest BCUT2D eigenvalue weighted by atomic mass is 16.4. The van der Waals surface area contributed by atoms with Gasteiger partial charge in [0.1, 0.15) is 5.65 Å². The number of fused-ring (bicyclic) bond motifs is 1. The number of aromatic nitrogens is 4. The maximum Gasteiger partial charge on any atom is 0.356 e. The molecule has 0 bridgehead atoms. The fourth-order valence-corrected chi connectivity index (χ4v) is 2.03. The number of hydrogen-bond donors (Lipinski definition) is 2. The Morgan fingerprint density at radius 1 is 1.24 bits per heavy atom. The number of pyridine rings is 1. The zero-order valence-electron chi connectivity index (χ0n) is 11.0. The van der Waals surface area contributed by atoms with E-state index < -0.39 is 5.97 Å². The molecule has 0 aromatic carbocycles. The first kappa shape index (κ1) is 12.9. The van der Waals surface area contributed by atoms with Crippen molar-refractivity contribution in [2.75, 3.05) is 7.05 Å². The first-order chi connectivity index (χ1) is 10.1. The van der Waals surface area contributed by atoms with E-state index in [4.69, 9.17) is 0 Å². The van der Waals surface area contributed by atoms with Gasteiger partial charge in [-0.15, -0.1) is 0 Å². The van der Waals surface area contributed by atoms with Crippen LogP contribution in [0, 0.1) is 0 Å². The molecule has 3 aromatic heterocycles. The molecule has 3 heterocycles. The van der Waals surface area contributed by atoms with Crippen LogP contribution in [0.25, 0.3) is 11.5 Å². The second-order valence-corrected chi connectivity index (χ2v) is 4.24. The van der Waals surface area contributed by atoms with Crippen LogP contribution >= 0.6 is 0 Å². The van der Waals surface area contributed by atoms with Crippen LogP contribution < -0.4 is 5.32 Å². The van der Waals surface area contributed by atoms with Crippen LogP contribution in [0.15, 0.2) is 36.7 Å². The SMILES string of the molecule is CNC(=O)c1ccn(-c2nc3ccccn3c2C(=O)O)n1. The largest absolute Gasteiger partial charge is 0.476 e. The quantitative estimate of drug-likeness (QED) is 0.733. The molecule has 0 fully saturated rings. The van der Waals surface area contributed by atoms with Gasteiger partial charge < -0.3 is 10.4 Å². The van der Waals surface area contributed by atoms with Gasteiger partial charge in [0.2, 0.25) is 0 Å². The average Bonchev–Trinajstić information content (AvgIpc) is 3.10. The first-order valence-electron chi connectivity index (χ1n) is 6.10. The molecule has 3 rings (SSSR count). The summed E-state index contributed by atoms with van der Waals surface area (Å²) in [7, 11) is 1.49. The number of nitrogens with one attached hydrogen (secondary N) is 1. The summed E-state index contributed by atoms with van der Waals surface area (Å²) in [5.74, 6) is -1.32. The molecule has 1 amide bonds. The molecule has 2 N–H and O–H groups in total. The van der Waals surface area contributed by atoms with E-state index in [0.717, 1.165) is 0 Å². The highest BCUT2D eigenvalue weighted by molar-refractivity contribution is 5.92. The van der Waals surface area contributed by atoms with E-state index in [2.05, 4.69) is 15.4 Å². The summed E-state index contributed by atoms with van der Waals surface area (Å²) in [6.45, 7) is 0. The van der Waals surface area contributed by atoms with Crippen LogP contribution in [0.5, 0.6) is 0 Å². The highest BCUT2D eigenvalue weighted by Crippen LogP contribution is 2.16. The number of carboxylic acid groups (broad SMARTS) is 1. The Balaban J connectivity index is 2.20. The molecule has 0 radical (unpaired) electrons. The molecule has 0 aliphatic rings. The van der Waals surface area contributed by atoms with Crippen LogP contribution in [0.1, 0.15) is 21.0 Å². The molecule has 8 heteroatoms. The van der Waals surface area contributed by atoms with Crippen LogP contribution in [0.3, 0.4) is 0 Å². The fourth-order valence-electron chi connectivity index (χ4n) is 2.03. The van der Waals surface area contributed by atoms with Gasteiger partial charge in [0.15, 0.2) is 17.2 Å². The molecule has 0 aliphatic heterocycles. The van der Waals surface area contributed by atoms with Crippen molar-refractivity contribution in [2.24, 2.45) is 0 Å². The molecule has 0 saturated carbocycles. The van der Waals surface area contributed by atoms with E-state index in [1.165, 1.54) is 28.4 Å². The summed E-state index contributed by atoms with van der Waals surface area (Å²) in [6.07, 6.45) is 3.11. The van der Waals surface area contributed by atoms with Gasteiger partial charge in [0.05, 0.1) is 0 Å². The zero-order chi connectivity index (χ0) is 15.0. The molecule has 0 atom stereocenters. The highest BCUT2D eigenvalue weighted by Gasteiger charge is 2.21. The van der Waals surface area contributed by atoms with Crippen molar-refractivity contribution < 1.29 is 14.7 Å². The standard InChI is InChI=1S/C13H11N5O3/c1-14-12(19)8-5-7-18(16-8)11-10(13(20)21)17-6-3-2-4-9(17)15-11/h2-7H,1H3,(H,14,19)(H,20,21). The molecule has 3 aromatic rings. The molecule has 0 spiro atoms. The van der Waals surface area contributed by atoms with E-state index in [1.54, 1.807) is 24.4 Å². The smallest absolute Gasteiger partial charge is 0.356 e. The summed E-state index contributed by atoms with van der Waals surface area (Å²) in [6, 6.07) is 6.66. The number of nitrogens with zero attached hydrogens (tertiary/aromatic N) is 4. The minimum absolute atomic E-state index is 0.0165. The third-order valence-electron chi connectivity index (χ3n) is 2.98. The number of imidazole rings is 1. The Bertz CT molecular complexity index is 848. The van der Waals surface area contributed by atoms with Gasteiger partial charge in [-0.25, -0.2) is 14.5 Å². The van der Waals surface area contributed by atoms with Crippen molar-refractivity contribution in [3.8, 4) is 5.82 Å². The summed E-state index contributed by atoms with van der Waals surface area (Å²) >= 11 is 0. The van der Waals surface area contributed by atoms with E-state index in [-0.39, 0.29) is 23.1 Å². The topological polar surface area (TPSA) is 102 Å². The number of rotatable bonds is 3. The second-order valence-electron chi connectivity index (χ2n) is 4.24. The summed E-state index contributed by atoms with van der Waals surface area (Å²) in [4.78, 5) is 27.3. The van der Waals surface area contributed by atoms with Gasteiger partial charge in [-0.2, -0.15) is 5.10 Å². The van der Waals surface area contributed by atoms with Gasteiger partial charge in [0, 0.05) is 19.4 Å². The Hall–Kier alpha value is -3.16. The second kappa shape index (κ2) is 4.75. The Morgan fingerprint density at radius 2 is 2.05 bits per heavy atom. The lowest BCUT2D eigenvalue weighted by atomic mass is 10.4. The van der Waals surface area contributed by atoms with Crippen LogP contribution in [-0.2, 0) is 0 Å². The third-order valence-corrected chi connectivity index (χ3v) is 2.98. The minimum Gasteiger partial charge on any atom is -0.476 e. The van der Waals surface area contributed by atoms with Gasteiger partial charge in [-0.3, -0.25) is 9.20 Å². The first-order valence-corrected chi connectivity index (χ1v) is 6.10. The van der Waals surface area contributed by atoms with E-state index >= 15 is 0 Å². The van der Waals surface area contributed by atoms with Crippen LogP contribution in [-0.4, -0.2) is 43.2 Å². The molecule has 8 nitrogen and oxygen atoms in total. The lowest BCUT2D eigenvalue weighted by Gasteiger charge is -1.99. The van der Waals surface area contributed by atoms with Gasteiger partial charge in [-0.1, -0.05) is 6.07 Å². The van der Waals surface area contributed by atoms with Crippen molar-refractivity contribution in [2.45, 2.75) is 0 Å². The number of carboxylic acids is 1. The molecular weight excluding hydrogens is 274 g/mol. The number of carbonyl (C=O) groups is 2. The van der Waals surface area contributed by atoms with Gasteiger partial charge >= 0.3 is 5.97 Å². The van der Waals surface area contributed by atoms with E-state index in [0.29, 0.717) is 5.65 Å². The van der Waals surface area contributed by atoms with Crippen molar-refractivity contribution in [3.05, 3.63) is 48.0 Å². The monoisotopic (exact) mass is 285 g/mol. The maximum atomic E-state index is 11.5. The molecule has 21 heavy (non-hydrogen) atoms. The van der Waals surface area contributed by atoms with Crippen molar-refractivity contribution in [1.29, 1.82) is 0 Å². The number of amides is 1. The zero-order valence-corrected chi connectivity index (χ0v) is 11.0. The predicted molar refractivity (Wildman–Crippen MR) is 72.7 cm³/mol. The Morgan fingerprint density at radius 3 is 2.76 bits per heavy atom. The van der Waals surface area contributed by atoms with E-state index in [9.17, 15) is 14.7 Å². The maximum absolute atomic E-state index is 11.5. The van der Waals surface area contributed by atoms with Crippen LogP contribution in [0.4, 0.5) is 0 Å². The number of carbonyl (C=O) groups excluding carboxylic acids is 1. The molecular formula is C13H11N5O3. The fraction of sp³-hybridized carbons (Fsp3) is 0.0769. The van der Waals surface area contributed by atoms with Gasteiger partial charge in [-0.05, 0) is 18.2 Å².